The fourth-order valence-electron chi connectivity index (χ4n) is 3.54. The molecule has 0 aromatic heterocycles. The van der Waals surface area contributed by atoms with Gasteiger partial charge in [-0.25, -0.2) is 0 Å². The van der Waals surface area contributed by atoms with E-state index in [1.165, 1.54) is 64.2 Å². The average Bonchev–Trinajstić information content (AvgIpc) is 2.40. The van der Waals surface area contributed by atoms with Gasteiger partial charge in [0.2, 0.25) is 5.96 Å². The highest BCUT2D eigenvalue weighted by Gasteiger charge is 2.30. The monoisotopic (exact) mass is 301 g/mol. The summed E-state index contributed by atoms with van der Waals surface area (Å²) in [4.78, 5) is 6.23. The Kier molecular flexibility index (Phi) is 7.13. The van der Waals surface area contributed by atoms with Gasteiger partial charge in [0.25, 0.3) is 0 Å². The molecule has 0 unspecified atom stereocenters. The van der Waals surface area contributed by atoms with Crippen molar-refractivity contribution in [3.05, 3.63) is 0 Å². The van der Waals surface area contributed by atoms with Gasteiger partial charge in [0.05, 0.1) is 0 Å². The van der Waals surface area contributed by atoms with E-state index in [4.69, 9.17) is 16.9 Å². The summed E-state index contributed by atoms with van der Waals surface area (Å²) in [6.45, 7) is 0. The van der Waals surface area contributed by atoms with Gasteiger partial charge in [-0.15, -0.1) is 12.4 Å². The first-order valence-electron chi connectivity index (χ1n) is 7.65. The van der Waals surface area contributed by atoms with Gasteiger partial charge < -0.3 is 16.4 Å². The smallest absolute Gasteiger partial charge is 0.221 e. The first kappa shape index (κ1) is 17.1. The quantitative estimate of drug-likeness (QED) is 0.541. The molecule has 0 amide bonds. The molecule has 2 fully saturated rings. The maximum Gasteiger partial charge on any atom is 0.221 e. The number of hydrogen-bond donors (Lipinski definition) is 3. The second-order valence-electron chi connectivity index (χ2n) is 5.85. The Morgan fingerprint density at radius 2 is 1.25 bits per heavy atom. The third-order valence-electron chi connectivity index (χ3n) is 4.42. The van der Waals surface area contributed by atoms with Crippen LogP contribution in [0.15, 0.2) is 4.99 Å². The fraction of sp³-hybridized carbons (Fsp3) is 0.857. The Hall–Kier alpha value is -0.970. The summed E-state index contributed by atoms with van der Waals surface area (Å²) < 4.78 is 0. The fourth-order valence-corrected chi connectivity index (χ4v) is 3.54. The lowest BCUT2D eigenvalue weighted by atomic mass is 9.89. The van der Waals surface area contributed by atoms with E-state index in [1.54, 1.807) is 0 Å². The zero-order chi connectivity index (χ0) is 13.7. The lowest BCUT2D eigenvalue weighted by Crippen LogP contribution is -2.48. The number of nitrogens with one attached hydrogen (secondary N) is 1. The first-order chi connectivity index (χ1) is 9.18. The van der Waals surface area contributed by atoms with Crippen LogP contribution in [0.2, 0.25) is 0 Å². The van der Waals surface area contributed by atoms with Crippen LogP contribution < -0.4 is 11.5 Å². The molecule has 2 saturated carbocycles. The van der Waals surface area contributed by atoms with Crippen LogP contribution in [-0.4, -0.2) is 28.9 Å². The SMILES string of the molecule is Cl.N=C(N=C(N)N)N(C1CCCCC1)C1CCCCC1. The number of rotatable bonds is 2. The molecule has 5 nitrogen and oxygen atoms in total. The molecular formula is C14H28ClN5. The van der Waals surface area contributed by atoms with E-state index in [9.17, 15) is 0 Å². The summed E-state index contributed by atoms with van der Waals surface area (Å²) in [6, 6.07) is 0.930. The van der Waals surface area contributed by atoms with E-state index in [1.807, 2.05) is 0 Å². The van der Waals surface area contributed by atoms with E-state index < -0.39 is 0 Å². The number of nitrogens with two attached hydrogens (primary N) is 2. The van der Waals surface area contributed by atoms with Crippen LogP contribution >= 0.6 is 12.4 Å². The molecule has 0 aromatic carbocycles. The van der Waals surface area contributed by atoms with E-state index in [0.717, 1.165) is 0 Å². The molecule has 5 N–H and O–H groups in total. The largest absolute Gasteiger partial charge is 0.370 e. The third kappa shape index (κ3) is 4.54. The van der Waals surface area contributed by atoms with Gasteiger partial charge in [-0.3, -0.25) is 5.41 Å². The summed E-state index contributed by atoms with van der Waals surface area (Å²) in [6.07, 6.45) is 12.4. The minimum Gasteiger partial charge on any atom is -0.370 e. The Balaban J connectivity index is 0.00000200. The molecule has 0 bridgehead atoms. The lowest BCUT2D eigenvalue weighted by Gasteiger charge is -2.41. The summed E-state index contributed by atoms with van der Waals surface area (Å²) in [5.41, 5.74) is 10.9. The van der Waals surface area contributed by atoms with Crippen molar-refractivity contribution in [2.75, 3.05) is 0 Å². The molecule has 2 aliphatic rings. The predicted octanol–water partition coefficient (Wildman–Crippen LogP) is 2.58. The van der Waals surface area contributed by atoms with Crippen LogP contribution in [0.1, 0.15) is 64.2 Å². The molecule has 0 radical (unpaired) electrons. The van der Waals surface area contributed by atoms with Gasteiger partial charge in [-0.1, -0.05) is 38.5 Å². The summed E-state index contributed by atoms with van der Waals surface area (Å²) in [7, 11) is 0. The van der Waals surface area contributed by atoms with E-state index in [0.29, 0.717) is 12.1 Å². The van der Waals surface area contributed by atoms with Gasteiger partial charge >= 0.3 is 0 Å². The van der Waals surface area contributed by atoms with Crippen molar-refractivity contribution in [2.24, 2.45) is 16.5 Å². The normalized spacial score (nSPS) is 20.8. The minimum absolute atomic E-state index is 0. The molecule has 6 heteroatoms. The highest BCUT2D eigenvalue weighted by Crippen LogP contribution is 2.30. The first-order valence-corrected chi connectivity index (χ1v) is 7.65. The number of hydrogen-bond acceptors (Lipinski definition) is 1. The second-order valence-corrected chi connectivity index (χ2v) is 5.85. The summed E-state index contributed by atoms with van der Waals surface area (Å²) in [5, 5.41) is 8.23. The molecule has 2 rings (SSSR count). The number of nitrogens with zero attached hydrogens (tertiary/aromatic N) is 2. The standard InChI is InChI=1S/C14H27N5.ClH/c15-13(16)18-14(17)19(11-7-3-1-4-8-11)12-9-5-2-6-10-12;/h11-12H,1-10H2,(H5,15,16,17,18);1H. The highest BCUT2D eigenvalue weighted by atomic mass is 35.5. The van der Waals surface area contributed by atoms with Gasteiger partial charge in [-0.2, -0.15) is 4.99 Å². The number of aliphatic imine (C=N–C) groups is 1. The Bertz CT molecular complexity index is 310. The molecule has 20 heavy (non-hydrogen) atoms. The number of halogens is 1. The van der Waals surface area contributed by atoms with Crippen LogP contribution in [0.5, 0.6) is 0 Å². The van der Waals surface area contributed by atoms with Gasteiger partial charge in [0.15, 0.2) is 5.96 Å². The maximum absolute atomic E-state index is 8.23. The van der Waals surface area contributed by atoms with Crippen LogP contribution in [0.3, 0.4) is 0 Å². The molecule has 2 aliphatic carbocycles. The highest BCUT2D eigenvalue weighted by molar-refractivity contribution is 5.92. The lowest BCUT2D eigenvalue weighted by molar-refractivity contribution is 0.155. The van der Waals surface area contributed by atoms with Gasteiger partial charge in [-0.05, 0) is 25.7 Å². The molecule has 0 atom stereocenters. The molecule has 0 heterocycles. The van der Waals surface area contributed by atoms with E-state index in [2.05, 4.69) is 9.89 Å². The zero-order valence-electron chi connectivity index (χ0n) is 12.2. The second kappa shape index (κ2) is 8.35. The molecule has 0 aromatic rings. The molecular weight excluding hydrogens is 274 g/mol. The van der Waals surface area contributed by atoms with Crippen LogP contribution in [0.4, 0.5) is 0 Å². The molecule has 116 valence electrons. The van der Waals surface area contributed by atoms with Crippen LogP contribution in [0.25, 0.3) is 0 Å². The Morgan fingerprint density at radius 1 is 0.850 bits per heavy atom. The van der Waals surface area contributed by atoms with Crippen molar-refractivity contribution in [3.8, 4) is 0 Å². The van der Waals surface area contributed by atoms with E-state index >= 15 is 0 Å². The maximum atomic E-state index is 8.23. The van der Waals surface area contributed by atoms with Crippen molar-refractivity contribution in [2.45, 2.75) is 76.3 Å². The molecule has 0 spiro atoms. The average molecular weight is 302 g/mol. The minimum atomic E-state index is 0. The van der Waals surface area contributed by atoms with Gasteiger partial charge in [0, 0.05) is 12.1 Å². The number of guanidine groups is 2. The van der Waals surface area contributed by atoms with E-state index in [-0.39, 0.29) is 24.3 Å². The zero-order valence-corrected chi connectivity index (χ0v) is 13.0. The predicted molar refractivity (Wildman–Crippen MR) is 86.4 cm³/mol. The third-order valence-corrected chi connectivity index (χ3v) is 4.42. The summed E-state index contributed by atoms with van der Waals surface area (Å²) >= 11 is 0. The topological polar surface area (TPSA) is 91.5 Å². The van der Waals surface area contributed by atoms with Crippen molar-refractivity contribution in [1.82, 2.24) is 4.90 Å². The van der Waals surface area contributed by atoms with Crippen molar-refractivity contribution in [3.63, 3.8) is 0 Å². The summed E-state index contributed by atoms with van der Waals surface area (Å²) in [5.74, 6) is 0.278. The van der Waals surface area contributed by atoms with Crippen LogP contribution in [-0.2, 0) is 0 Å². The van der Waals surface area contributed by atoms with Crippen molar-refractivity contribution >= 4 is 24.3 Å². The molecule has 0 aliphatic heterocycles. The Morgan fingerprint density at radius 3 is 1.60 bits per heavy atom. The van der Waals surface area contributed by atoms with Crippen molar-refractivity contribution in [1.29, 1.82) is 5.41 Å². The van der Waals surface area contributed by atoms with Gasteiger partial charge in [0.1, 0.15) is 0 Å². The van der Waals surface area contributed by atoms with Crippen molar-refractivity contribution < 1.29 is 0 Å². The molecule has 0 saturated heterocycles. The Labute approximate surface area is 128 Å². The van der Waals surface area contributed by atoms with Crippen LogP contribution in [0, 0.1) is 5.41 Å².